The molecule has 1 amide bonds. The first-order valence-electron chi connectivity index (χ1n) is 5.21. The van der Waals surface area contributed by atoms with Crippen LogP contribution in [-0.4, -0.2) is 17.9 Å². The second-order valence-electron chi connectivity index (χ2n) is 3.54. The molecule has 2 rings (SSSR count). The Morgan fingerprint density at radius 3 is 2.76 bits per heavy atom. The highest BCUT2D eigenvalue weighted by molar-refractivity contribution is 6.07. The molecule has 0 radical (unpaired) electrons. The van der Waals surface area contributed by atoms with E-state index in [-0.39, 0.29) is 11.9 Å². The molecular formula is C12H13N3O2. The minimum Gasteiger partial charge on any atom is -0.432 e. The first kappa shape index (κ1) is 11.2. The van der Waals surface area contributed by atoms with Crippen molar-refractivity contribution in [2.24, 2.45) is 0 Å². The van der Waals surface area contributed by atoms with Crippen molar-refractivity contribution in [3.8, 4) is 0 Å². The number of anilines is 2. The maximum atomic E-state index is 12.0. The molecule has 1 aromatic heterocycles. The van der Waals surface area contributed by atoms with Gasteiger partial charge in [-0.1, -0.05) is 12.1 Å². The van der Waals surface area contributed by atoms with Gasteiger partial charge in [-0.15, -0.1) is 0 Å². The van der Waals surface area contributed by atoms with E-state index in [9.17, 15) is 4.79 Å². The van der Waals surface area contributed by atoms with Gasteiger partial charge in [-0.2, -0.15) is 4.98 Å². The number of nitrogens with one attached hydrogen (secondary N) is 2. The molecule has 0 aliphatic heterocycles. The van der Waals surface area contributed by atoms with E-state index in [1.165, 1.54) is 6.26 Å². The Balaban J connectivity index is 2.20. The third-order valence-electron chi connectivity index (χ3n) is 2.28. The fourth-order valence-corrected chi connectivity index (χ4v) is 1.47. The monoisotopic (exact) mass is 231 g/mol. The van der Waals surface area contributed by atoms with Crippen LogP contribution < -0.4 is 10.6 Å². The van der Waals surface area contributed by atoms with Crippen molar-refractivity contribution in [1.82, 2.24) is 4.98 Å². The molecule has 0 unspecified atom stereocenters. The molecule has 0 saturated carbocycles. The Labute approximate surface area is 98.9 Å². The van der Waals surface area contributed by atoms with Crippen molar-refractivity contribution in [3.05, 3.63) is 41.8 Å². The Morgan fingerprint density at radius 2 is 2.12 bits per heavy atom. The van der Waals surface area contributed by atoms with E-state index in [1.807, 2.05) is 12.1 Å². The molecular weight excluding hydrogens is 218 g/mol. The number of aryl methyl sites for hydroxylation is 1. The maximum Gasteiger partial charge on any atom is 0.301 e. The van der Waals surface area contributed by atoms with Crippen molar-refractivity contribution in [2.45, 2.75) is 6.92 Å². The number of para-hydroxylation sites is 1. The molecule has 0 aliphatic carbocycles. The van der Waals surface area contributed by atoms with Crippen molar-refractivity contribution in [3.63, 3.8) is 0 Å². The molecule has 5 heteroatoms. The average Bonchev–Trinajstić information content (AvgIpc) is 2.74. The van der Waals surface area contributed by atoms with Gasteiger partial charge in [0.1, 0.15) is 6.26 Å². The van der Waals surface area contributed by atoms with Crippen LogP contribution in [0.2, 0.25) is 0 Å². The standard InChI is InChI=1S/C12H13N3O2/c1-8-7-17-12(14-8)15-11(16)9-5-3-4-6-10(9)13-2/h3-7,13H,1-2H3,(H,14,15,16). The van der Waals surface area contributed by atoms with E-state index in [0.717, 1.165) is 11.4 Å². The van der Waals surface area contributed by atoms with Gasteiger partial charge in [-0.05, 0) is 19.1 Å². The van der Waals surface area contributed by atoms with Gasteiger partial charge in [-0.3, -0.25) is 10.1 Å². The third kappa shape index (κ3) is 2.44. The van der Waals surface area contributed by atoms with Crippen LogP contribution in [0.1, 0.15) is 16.1 Å². The van der Waals surface area contributed by atoms with Gasteiger partial charge in [0.05, 0.1) is 11.3 Å². The molecule has 0 bridgehead atoms. The number of rotatable bonds is 3. The minimum absolute atomic E-state index is 0.207. The molecule has 0 atom stereocenters. The van der Waals surface area contributed by atoms with Gasteiger partial charge >= 0.3 is 6.01 Å². The van der Waals surface area contributed by atoms with E-state index in [0.29, 0.717) is 5.56 Å². The molecule has 5 nitrogen and oxygen atoms in total. The van der Waals surface area contributed by atoms with E-state index >= 15 is 0 Å². The van der Waals surface area contributed by atoms with E-state index in [4.69, 9.17) is 4.42 Å². The number of aromatic nitrogens is 1. The van der Waals surface area contributed by atoms with Crippen LogP contribution in [0.5, 0.6) is 0 Å². The SMILES string of the molecule is CNc1ccccc1C(=O)Nc1nc(C)co1. The van der Waals surface area contributed by atoms with Gasteiger partial charge < -0.3 is 9.73 Å². The van der Waals surface area contributed by atoms with Crippen molar-refractivity contribution >= 4 is 17.6 Å². The highest BCUT2D eigenvalue weighted by Crippen LogP contribution is 2.16. The van der Waals surface area contributed by atoms with Crippen LogP contribution in [0.25, 0.3) is 0 Å². The summed E-state index contributed by atoms with van der Waals surface area (Å²) < 4.78 is 5.07. The zero-order valence-electron chi connectivity index (χ0n) is 9.65. The third-order valence-corrected chi connectivity index (χ3v) is 2.28. The summed E-state index contributed by atoms with van der Waals surface area (Å²) in [6, 6.07) is 7.43. The summed E-state index contributed by atoms with van der Waals surface area (Å²) in [7, 11) is 1.77. The Morgan fingerprint density at radius 1 is 1.35 bits per heavy atom. The van der Waals surface area contributed by atoms with Gasteiger partial charge in [-0.25, -0.2) is 0 Å². The molecule has 1 heterocycles. The predicted octanol–water partition coefficient (Wildman–Crippen LogP) is 2.28. The average molecular weight is 231 g/mol. The fourth-order valence-electron chi connectivity index (χ4n) is 1.47. The molecule has 1 aromatic carbocycles. The summed E-state index contributed by atoms with van der Waals surface area (Å²) in [5.41, 5.74) is 2.03. The number of nitrogens with zero attached hydrogens (tertiary/aromatic N) is 1. The summed E-state index contributed by atoms with van der Waals surface area (Å²) in [4.78, 5) is 16.0. The quantitative estimate of drug-likeness (QED) is 0.850. The summed E-state index contributed by atoms with van der Waals surface area (Å²) >= 11 is 0. The normalized spacial score (nSPS) is 10.0. The maximum absolute atomic E-state index is 12.0. The molecule has 0 spiro atoms. The fraction of sp³-hybridized carbons (Fsp3) is 0.167. The van der Waals surface area contributed by atoms with Gasteiger partial charge in [0.2, 0.25) is 0 Å². The number of benzene rings is 1. The van der Waals surface area contributed by atoms with E-state index < -0.39 is 0 Å². The summed E-state index contributed by atoms with van der Waals surface area (Å²) in [6.07, 6.45) is 1.49. The van der Waals surface area contributed by atoms with Crippen LogP contribution in [0.3, 0.4) is 0 Å². The number of amides is 1. The second-order valence-corrected chi connectivity index (χ2v) is 3.54. The summed E-state index contributed by atoms with van der Waals surface area (Å²) in [5.74, 6) is -0.253. The molecule has 2 N–H and O–H groups in total. The van der Waals surface area contributed by atoms with Gasteiger partial charge in [0.15, 0.2) is 0 Å². The summed E-state index contributed by atoms with van der Waals surface area (Å²) in [6.45, 7) is 1.79. The number of hydrogen-bond donors (Lipinski definition) is 2. The number of hydrogen-bond acceptors (Lipinski definition) is 4. The predicted molar refractivity (Wildman–Crippen MR) is 65.2 cm³/mol. The molecule has 88 valence electrons. The van der Waals surface area contributed by atoms with Crippen LogP contribution in [0, 0.1) is 6.92 Å². The topological polar surface area (TPSA) is 67.2 Å². The molecule has 2 aromatic rings. The first-order chi connectivity index (χ1) is 8.20. The second kappa shape index (κ2) is 4.69. The van der Waals surface area contributed by atoms with E-state index in [1.54, 1.807) is 26.1 Å². The highest BCUT2D eigenvalue weighted by Gasteiger charge is 2.12. The lowest BCUT2D eigenvalue weighted by Gasteiger charge is -2.07. The molecule has 17 heavy (non-hydrogen) atoms. The van der Waals surface area contributed by atoms with Crippen molar-refractivity contribution < 1.29 is 9.21 Å². The van der Waals surface area contributed by atoms with Crippen LogP contribution in [-0.2, 0) is 0 Å². The number of oxazole rings is 1. The lowest BCUT2D eigenvalue weighted by Crippen LogP contribution is -2.14. The summed E-state index contributed by atoms with van der Waals surface area (Å²) in [5, 5.41) is 5.55. The van der Waals surface area contributed by atoms with Crippen LogP contribution in [0.4, 0.5) is 11.7 Å². The van der Waals surface area contributed by atoms with Crippen LogP contribution >= 0.6 is 0 Å². The zero-order valence-corrected chi connectivity index (χ0v) is 9.65. The molecule has 0 aliphatic rings. The highest BCUT2D eigenvalue weighted by atomic mass is 16.4. The Hall–Kier alpha value is -2.30. The Kier molecular flexibility index (Phi) is 3.09. The first-order valence-corrected chi connectivity index (χ1v) is 5.21. The van der Waals surface area contributed by atoms with Gasteiger partial charge in [0.25, 0.3) is 5.91 Å². The smallest absolute Gasteiger partial charge is 0.301 e. The molecule has 0 saturated heterocycles. The lowest BCUT2D eigenvalue weighted by atomic mass is 10.1. The zero-order chi connectivity index (χ0) is 12.3. The lowest BCUT2D eigenvalue weighted by molar-refractivity contribution is 0.102. The van der Waals surface area contributed by atoms with Crippen molar-refractivity contribution in [2.75, 3.05) is 17.7 Å². The van der Waals surface area contributed by atoms with Crippen LogP contribution in [0.15, 0.2) is 34.9 Å². The van der Waals surface area contributed by atoms with E-state index in [2.05, 4.69) is 15.6 Å². The minimum atomic E-state index is -0.253. The van der Waals surface area contributed by atoms with Gasteiger partial charge in [0, 0.05) is 12.7 Å². The number of carbonyl (C=O) groups is 1. The largest absolute Gasteiger partial charge is 0.432 e. The number of carbonyl (C=O) groups excluding carboxylic acids is 1. The molecule has 0 fully saturated rings. The Bertz CT molecular complexity index is 534. The van der Waals surface area contributed by atoms with Crippen molar-refractivity contribution in [1.29, 1.82) is 0 Å².